The average Bonchev–Trinajstić information content (AvgIpc) is 3.23. The van der Waals surface area contributed by atoms with Crippen molar-refractivity contribution in [2.75, 3.05) is 25.1 Å². The van der Waals surface area contributed by atoms with E-state index in [1.54, 1.807) is 52.1 Å². The topological polar surface area (TPSA) is 131 Å². The first-order valence-corrected chi connectivity index (χ1v) is 10.5. The van der Waals surface area contributed by atoms with Gasteiger partial charge >= 0.3 is 6.09 Å². The molecule has 1 amide bonds. The molecule has 2 heterocycles. The summed E-state index contributed by atoms with van der Waals surface area (Å²) in [6.07, 6.45) is 1.67. The quantitative estimate of drug-likeness (QED) is 0.422. The molecule has 0 saturated heterocycles. The molecule has 0 fully saturated rings. The van der Waals surface area contributed by atoms with Crippen LogP contribution in [0.4, 0.5) is 10.6 Å². The minimum absolute atomic E-state index is 0.117. The van der Waals surface area contributed by atoms with Gasteiger partial charge < -0.3 is 9.84 Å². The Bertz CT molecular complexity index is 935. The first-order chi connectivity index (χ1) is 15.1. The molecule has 2 rings (SSSR count). The number of amides is 1. The van der Waals surface area contributed by atoms with Crippen LogP contribution < -0.4 is 5.43 Å². The number of aliphatic imine (C=N–C) groups is 1. The van der Waals surface area contributed by atoms with Crippen LogP contribution in [0.2, 0.25) is 0 Å². The fraction of sp³-hybridized carbons (Fsp3) is 0.524. The van der Waals surface area contributed by atoms with Crippen LogP contribution in [0.15, 0.2) is 35.3 Å². The summed E-state index contributed by atoms with van der Waals surface area (Å²) in [4.78, 5) is 21.5. The van der Waals surface area contributed by atoms with Crippen molar-refractivity contribution in [1.29, 1.82) is 0 Å². The molecule has 2 aromatic heterocycles. The van der Waals surface area contributed by atoms with Crippen LogP contribution in [0.5, 0.6) is 0 Å². The predicted molar refractivity (Wildman–Crippen MR) is 122 cm³/mol. The molecule has 1 atom stereocenters. The minimum atomic E-state index is -0.657. The van der Waals surface area contributed by atoms with E-state index in [1.807, 2.05) is 6.92 Å². The van der Waals surface area contributed by atoms with Crippen LogP contribution in [0, 0.1) is 0 Å². The van der Waals surface area contributed by atoms with Crippen LogP contribution in [-0.2, 0) is 4.74 Å². The summed E-state index contributed by atoms with van der Waals surface area (Å²) in [6.45, 7) is 14.0. The molecule has 0 unspecified atom stereocenters. The van der Waals surface area contributed by atoms with E-state index in [2.05, 4.69) is 37.5 Å². The standard InChI is InChI=1S/C21H32N8O3/c1-7-22-13-15(2)11-12-28(20(31)32-21(4,5)6)25-18-10-8-9-17(23-18)19-24-26-27-29(19)16(3)14-30/h8-10,13,16,30H,2,7,11-12,14H2,1,3-6H3,(H,23,25)/b22-13-/t16-/m1/s1. The summed E-state index contributed by atoms with van der Waals surface area (Å²) in [5.74, 6) is 0.815. The molecular weight excluding hydrogens is 412 g/mol. The highest BCUT2D eigenvalue weighted by molar-refractivity contribution is 5.77. The van der Waals surface area contributed by atoms with Crippen LogP contribution in [-0.4, -0.2) is 72.9 Å². The molecule has 0 aliphatic heterocycles. The number of nitrogens with one attached hydrogen (secondary N) is 1. The Kier molecular flexibility index (Phi) is 8.82. The number of carbonyl (C=O) groups excluding carboxylic acids is 1. The number of anilines is 1. The molecule has 2 aromatic rings. The maximum Gasteiger partial charge on any atom is 0.429 e. The Morgan fingerprint density at radius 2 is 2.19 bits per heavy atom. The van der Waals surface area contributed by atoms with E-state index in [1.165, 1.54) is 9.69 Å². The number of hydrogen-bond acceptors (Lipinski definition) is 9. The number of carbonyl (C=O) groups is 1. The molecule has 0 aliphatic carbocycles. The zero-order valence-corrected chi connectivity index (χ0v) is 19.3. The summed E-state index contributed by atoms with van der Waals surface area (Å²) in [6, 6.07) is 4.93. The molecule has 0 aliphatic rings. The molecule has 11 nitrogen and oxygen atoms in total. The molecule has 11 heteroatoms. The van der Waals surface area contributed by atoms with Crippen molar-refractivity contribution in [3.63, 3.8) is 0 Å². The van der Waals surface area contributed by atoms with Gasteiger partial charge in [0.15, 0.2) is 0 Å². The van der Waals surface area contributed by atoms with Crippen LogP contribution in [0.3, 0.4) is 0 Å². The third-order valence-corrected chi connectivity index (χ3v) is 4.13. The highest BCUT2D eigenvalue weighted by Crippen LogP contribution is 2.19. The Morgan fingerprint density at radius 1 is 1.44 bits per heavy atom. The van der Waals surface area contributed by atoms with Gasteiger partial charge in [0.25, 0.3) is 0 Å². The van der Waals surface area contributed by atoms with E-state index >= 15 is 0 Å². The highest BCUT2D eigenvalue weighted by atomic mass is 16.6. The lowest BCUT2D eigenvalue weighted by molar-refractivity contribution is 0.0298. The molecular formula is C21H32N8O3. The second kappa shape index (κ2) is 11.3. The van der Waals surface area contributed by atoms with Gasteiger partial charge in [-0.2, -0.15) is 0 Å². The van der Waals surface area contributed by atoms with Gasteiger partial charge in [0, 0.05) is 19.3 Å². The van der Waals surface area contributed by atoms with Gasteiger partial charge in [-0.05, 0) is 69.2 Å². The van der Waals surface area contributed by atoms with Crippen molar-refractivity contribution in [1.82, 2.24) is 30.2 Å². The zero-order chi connectivity index (χ0) is 23.7. The molecule has 0 bridgehead atoms. The molecule has 32 heavy (non-hydrogen) atoms. The SMILES string of the molecule is C=C(/C=N\CC)CCN(Nc1cccc(-c2nnnn2[C@H](C)CO)n1)C(=O)OC(C)(C)C. The molecule has 0 aromatic carbocycles. The number of rotatable bonds is 10. The van der Waals surface area contributed by atoms with Gasteiger partial charge in [-0.3, -0.25) is 10.4 Å². The highest BCUT2D eigenvalue weighted by Gasteiger charge is 2.23. The molecule has 0 radical (unpaired) electrons. The largest absolute Gasteiger partial charge is 0.442 e. The first-order valence-electron chi connectivity index (χ1n) is 10.5. The number of ether oxygens (including phenoxy) is 1. The number of nitrogens with zero attached hydrogens (tertiary/aromatic N) is 7. The predicted octanol–water partition coefficient (Wildman–Crippen LogP) is 2.89. The van der Waals surface area contributed by atoms with Gasteiger partial charge in [0.2, 0.25) is 5.82 Å². The lowest BCUT2D eigenvalue weighted by Crippen LogP contribution is -2.41. The van der Waals surface area contributed by atoms with Crippen molar-refractivity contribution >= 4 is 18.1 Å². The smallest absolute Gasteiger partial charge is 0.429 e. The van der Waals surface area contributed by atoms with Gasteiger partial charge in [-0.25, -0.2) is 19.5 Å². The summed E-state index contributed by atoms with van der Waals surface area (Å²) in [7, 11) is 0. The fourth-order valence-corrected chi connectivity index (χ4v) is 2.55. The van der Waals surface area contributed by atoms with E-state index in [9.17, 15) is 9.90 Å². The van der Waals surface area contributed by atoms with E-state index in [0.717, 1.165) is 5.57 Å². The van der Waals surface area contributed by atoms with E-state index in [-0.39, 0.29) is 12.6 Å². The van der Waals surface area contributed by atoms with Gasteiger partial charge in [-0.1, -0.05) is 12.6 Å². The minimum Gasteiger partial charge on any atom is -0.442 e. The van der Waals surface area contributed by atoms with Crippen LogP contribution in [0.25, 0.3) is 11.5 Å². The van der Waals surface area contributed by atoms with Crippen molar-refractivity contribution in [2.24, 2.45) is 4.99 Å². The van der Waals surface area contributed by atoms with Crippen molar-refractivity contribution in [2.45, 2.75) is 52.7 Å². The van der Waals surface area contributed by atoms with E-state index < -0.39 is 11.7 Å². The maximum atomic E-state index is 12.8. The fourth-order valence-electron chi connectivity index (χ4n) is 2.55. The van der Waals surface area contributed by atoms with Crippen LogP contribution in [0.1, 0.15) is 47.1 Å². The lowest BCUT2D eigenvalue weighted by Gasteiger charge is -2.28. The number of hydrazine groups is 1. The first kappa shape index (κ1) is 24.9. The van der Waals surface area contributed by atoms with Gasteiger partial charge in [0.1, 0.15) is 17.1 Å². The summed E-state index contributed by atoms with van der Waals surface area (Å²) < 4.78 is 7.02. The third kappa shape index (κ3) is 7.41. The molecule has 174 valence electrons. The van der Waals surface area contributed by atoms with Crippen molar-refractivity contribution in [3.8, 4) is 11.5 Å². The number of aliphatic hydroxyl groups excluding tert-OH is 1. The Labute approximate surface area is 188 Å². The number of pyridine rings is 1. The molecule has 0 saturated carbocycles. The molecule has 2 N–H and O–H groups in total. The second-order valence-electron chi connectivity index (χ2n) is 8.17. The number of aromatic nitrogens is 5. The van der Waals surface area contributed by atoms with Crippen molar-refractivity contribution in [3.05, 3.63) is 30.4 Å². The zero-order valence-electron chi connectivity index (χ0n) is 19.3. The Balaban J connectivity index is 2.24. The van der Waals surface area contributed by atoms with E-state index in [4.69, 9.17) is 4.74 Å². The van der Waals surface area contributed by atoms with Crippen molar-refractivity contribution < 1.29 is 14.6 Å². The summed E-state index contributed by atoms with van der Waals surface area (Å²) in [5, 5.41) is 22.4. The maximum absolute atomic E-state index is 12.8. The Hall–Kier alpha value is -3.34. The lowest BCUT2D eigenvalue weighted by atomic mass is 10.2. The Morgan fingerprint density at radius 3 is 2.84 bits per heavy atom. The van der Waals surface area contributed by atoms with Crippen LogP contribution >= 0.6 is 0 Å². The monoisotopic (exact) mass is 444 g/mol. The number of hydrogen-bond donors (Lipinski definition) is 2. The van der Waals surface area contributed by atoms with Gasteiger partial charge in [-0.15, -0.1) is 5.10 Å². The number of aliphatic hydroxyl groups is 1. The van der Waals surface area contributed by atoms with E-state index in [0.29, 0.717) is 36.8 Å². The summed E-state index contributed by atoms with van der Waals surface area (Å²) >= 11 is 0. The normalized spacial score (nSPS) is 12.6. The average molecular weight is 445 g/mol. The third-order valence-electron chi connectivity index (χ3n) is 4.13. The number of tetrazole rings is 1. The summed E-state index contributed by atoms with van der Waals surface area (Å²) in [5.41, 5.74) is 3.64. The molecule has 0 spiro atoms. The van der Waals surface area contributed by atoms with Gasteiger partial charge in [0.05, 0.1) is 12.6 Å². The second-order valence-corrected chi connectivity index (χ2v) is 8.17.